The van der Waals surface area contributed by atoms with E-state index in [1.807, 2.05) is 0 Å². The Morgan fingerprint density at radius 1 is 0.390 bits per heavy atom. The molecule has 0 spiro atoms. The number of nitrogens with zero attached hydrogens (tertiary/aromatic N) is 4. The predicted octanol–water partition coefficient (Wildman–Crippen LogP) is 14.3. The lowest BCUT2D eigenvalue weighted by atomic mass is 9.63. The SMILES string of the molecule is CC1(C)CCC(C)(C)c2cc3c(cc21)c1ccccc1n3-c1ccc(-c2nc(-c3ccc(-c4cccc5ccccc45)cc3)nc(-c3ccc4ccccc4c3)n2)cc1. The third-order valence-corrected chi connectivity index (χ3v) is 12.9. The molecule has 0 atom stereocenters. The van der Waals surface area contributed by atoms with Crippen molar-refractivity contribution >= 4 is 43.4 Å². The quantitative estimate of drug-likeness (QED) is 0.175. The van der Waals surface area contributed by atoms with Crippen molar-refractivity contribution < 1.29 is 0 Å². The zero-order chi connectivity index (χ0) is 39.9. The zero-order valence-electron chi connectivity index (χ0n) is 33.9. The van der Waals surface area contributed by atoms with Gasteiger partial charge in [0.15, 0.2) is 17.5 Å². The highest BCUT2D eigenvalue weighted by molar-refractivity contribution is 6.10. The predicted molar refractivity (Wildman–Crippen MR) is 246 cm³/mol. The standard InChI is InChI=1S/C55H44N4/c1-54(2)30-31-55(3,4)48-34-50-46(33-47(48)54)45-17-9-10-19-49(45)59(50)42-28-26-39(27-29-42)52-56-51(57-53(58-52)41-25-20-35-12-5-6-14-40(35)32-41)38-23-21-37(22-24-38)44-18-11-15-36-13-7-8-16-43(36)44/h5-29,32-34H,30-31H2,1-4H3. The van der Waals surface area contributed by atoms with Crippen molar-refractivity contribution in [2.75, 3.05) is 0 Å². The average Bonchev–Trinajstić information content (AvgIpc) is 3.61. The highest BCUT2D eigenvalue weighted by Gasteiger charge is 2.38. The van der Waals surface area contributed by atoms with Crippen LogP contribution in [-0.4, -0.2) is 19.5 Å². The Hall–Kier alpha value is -6.91. The summed E-state index contributed by atoms with van der Waals surface area (Å²) in [5.74, 6) is 1.93. The largest absolute Gasteiger partial charge is 0.309 e. The van der Waals surface area contributed by atoms with Crippen LogP contribution >= 0.6 is 0 Å². The van der Waals surface area contributed by atoms with E-state index in [-0.39, 0.29) is 10.8 Å². The van der Waals surface area contributed by atoms with E-state index in [4.69, 9.17) is 15.0 Å². The second-order valence-electron chi connectivity index (χ2n) is 17.6. The summed E-state index contributed by atoms with van der Waals surface area (Å²) in [6.07, 6.45) is 2.37. The molecule has 10 aromatic rings. The Bertz CT molecular complexity index is 3250. The minimum atomic E-state index is 0.111. The monoisotopic (exact) mass is 760 g/mol. The number of para-hydroxylation sites is 1. The molecule has 8 aromatic carbocycles. The van der Waals surface area contributed by atoms with E-state index in [0.717, 1.165) is 33.3 Å². The lowest BCUT2D eigenvalue weighted by Crippen LogP contribution is -2.33. The van der Waals surface area contributed by atoms with Crippen molar-refractivity contribution in [2.45, 2.75) is 51.4 Å². The topological polar surface area (TPSA) is 43.6 Å². The number of aromatic nitrogens is 4. The zero-order valence-corrected chi connectivity index (χ0v) is 33.9. The third-order valence-electron chi connectivity index (χ3n) is 12.9. The van der Waals surface area contributed by atoms with Crippen molar-refractivity contribution in [3.05, 3.63) is 181 Å². The van der Waals surface area contributed by atoms with Crippen LogP contribution in [0.1, 0.15) is 51.7 Å². The normalized spacial score (nSPS) is 14.6. The second-order valence-corrected chi connectivity index (χ2v) is 17.6. The first-order valence-electron chi connectivity index (χ1n) is 20.7. The van der Waals surface area contributed by atoms with Crippen molar-refractivity contribution in [2.24, 2.45) is 0 Å². The first-order valence-corrected chi connectivity index (χ1v) is 20.7. The molecule has 0 fully saturated rings. The first-order chi connectivity index (χ1) is 28.7. The van der Waals surface area contributed by atoms with E-state index in [1.54, 1.807) is 0 Å². The van der Waals surface area contributed by atoms with Gasteiger partial charge in [-0.3, -0.25) is 0 Å². The van der Waals surface area contributed by atoms with E-state index >= 15 is 0 Å². The fourth-order valence-electron chi connectivity index (χ4n) is 9.43. The number of hydrogen-bond donors (Lipinski definition) is 0. The fraction of sp³-hybridized carbons (Fsp3) is 0.145. The summed E-state index contributed by atoms with van der Waals surface area (Å²) in [6.45, 7) is 9.63. The fourth-order valence-corrected chi connectivity index (χ4v) is 9.43. The van der Waals surface area contributed by atoms with Gasteiger partial charge in [0.2, 0.25) is 0 Å². The maximum absolute atomic E-state index is 5.16. The van der Waals surface area contributed by atoms with Crippen molar-refractivity contribution in [1.29, 1.82) is 0 Å². The van der Waals surface area contributed by atoms with Crippen LogP contribution in [0.4, 0.5) is 0 Å². The summed E-state index contributed by atoms with van der Waals surface area (Å²) in [7, 11) is 0. The molecule has 2 heterocycles. The van der Waals surface area contributed by atoms with Gasteiger partial charge < -0.3 is 4.57 Å². The molecule has 1 aliphatic rings. The number of fused-ring (bicyclic) bond motifs is 6. The summed E-state index contributed by atoms with van der Waals surface area (Å²) in [5, 5.41) is 7.39. The molecular weight excluding hydrogens is 717 g/mol. The Morgan fingerprint density at radius 3 is 1.63 bits per heavy atom. The van der Waals surface area contributed by atoms with Crippen LogP contribution in [0.2, 0.25) is 0 Å². The van der Waals surface area contributed by atoms with Gasteiger partial charge in [-0.2, -0.15) is 0 Å². The molecule has 284 valence electrons. The van der Waals surface area contributed by atoms with E-state index in [1.165, 1.54) is 67.5 Å². The number of rotatable bonds is 5. The molecule has 2 aromatic heterocycles. The Morgan fingerprint density at radius 2 is 0.915 bits per heavy atom. The first kappa shape index (κ1) is 35.3. The summed E-state index contributed by atoms with van der Waals surface area (Å²) < 4.78 is 2.43. The Labute approximate surface area is 344 Å². The molecule has 0 amide bonds. The summed E-state index contributed by atoms with van der Waals surface area (Å²) in [5.41, 5.74) is 12.0. The molecule has 0 N–H and O–H groups in total. The third kappa shape index (κ3) is 5.93. The molecule has 0 saturated heterocycles. The van der Waals surface area contributed by atoms with Gasteiger partial charge in [0.1, 0.15) is 0 Å². The molecule has 59 heavy (non-hydrogen) atoms. The molecule has 4 nitrogen and oxygen atoms in total. The van der Waals surface area contributed by atoms with Crippen molar-refractivity contribution in [1.82, 2.24) is 19.5 Å². The maximum Gasteiger partial charge on any atom is 0.164 e. The molecule has 11 rings (SSSR count). The van der Waals surface area contributed by atoms with E-state index in [2.05, 4.69) is 202 Å². The van der Waals surface area contributed by atoms with Gasteiger partial charge >= 0.3 is 0 Å². The van der Waals surface area contributed by atoms with Gasteiger partial charge in [-0.15, -0.1) is 0 Å². The number of benzene rings is 8. The van der Waals surface area contributed by atoms with E-state index in [9.17, 15) is 0 Å². The summed E-state index contributed by atoms with van der Waals surface area (Å²) in [4.78, 5) is 15.4. The van der Waals surface area contributed by atoms with E-state index in [0.29, 0.717) is 17.5 Å². The van der Waals surface area contributed by atoms with E-state index < -0.39 is 0 Å². The molecule has 0 saturated carbocycles. The average molecular weight is 761 g/mol. The van der Waals surface area contributed by atoms with Crippen molar-refractivity contribution in [3.63, 3.8) is 0 Å². The highest BCUT2D eigenvalue weighted by atomic mass is 15.0. The lowest BCUT2D eigenvalue weighted by molar-refractivity contribution is 0.332. The van der Waals surface area contributed by atoms with Crippen LogP contribution < -0.4 is 0 Å². The molecule has 0 bridgehead atoms. The minimum absolute atomic E-state index is 0.111. The van der Waals surface area contributed by atoms with Gasteiger partial charge in [0, 0.05) is 33.2 Å². The van der Waals surface area contributed by atoms with Gasteiger partial charge in [0.05, 0.1) is 11.0 Å². The van der Waals surface area contributed by atoms with Crippen LogP contribution in [0, 0.1) is 0 Å². The lowest BCUT2D eigenvalue weighted by Gasteiger charge is -2.42. The summed E-state index contributed by atoms with van der Waals surface area (Å²) >= 11 is 0. The van der Waals surface area contributed by atoms with Gasteiger partial charge in [-0.05, 0) is 116 Å². The van der Waals surface area contributed by atoms with Crippen LogP contribution in [-0.2, 0) is 10.8 Å². The molecule has 0 unspecified atom stereocenters. The highest BCUT2D eigenvalue weighted by Crippen LogP contribution is 2.48. The van der Waals surface area contributed by atoms with Gasteiger partial charge in [-0.25, -0.2) is 15.0 Å². The van der Waals surface area contributed by atoms with Crippen LogP contribution in [0.15, 0.2) is 170 Å². The van der Waals surface area contributed by atoms with Gasteiger partial charge in [0.25, 0.3) is 0 Å². The van der Waals surface area contributed by atoms with Crippen LogP contribution in [0.5, 0.6) is 0 Å². The smallest absolute Gasteiger partial charge is 0.164 e. The van der Waals surface area contributed by atoms with Crippen LogP contribution in [0.25, 0.3) is 94.3 Å². The van der Waals surface area contributed by atoms with Crippen LogP contribution in [0.3, 0.4) is 0 Å². The molecule has 0 aliphatic heterocycles. The Kier molecular flexibility index (Phi) is 7.96. The molecule has 0 radical (unpaired) electrons. The molecule has 4 heteroatoms. The number of hydrogen-bond acceptors (Lipinski definition) is 3. The summed E-state index contributed by atoms with van der Waals surface area (Å²) in [6, 6.07) is 61.0. The van der Waals surface area contributed by atoms with Gasteiger partial charge in [-0.1, -0.05) is 149 Å². The molecular formula is C55H44N4. The second kappa shape index (κ2) is 13.3. The molecule has 1 aliphatic carbocycles. The van der Waals surface area contributed by atoms with Crippen molar-refractivity contribution in [3.8, 4) is 51.0 Å². The Balaban J connectivity index is 1.03. The maximum atomic E-state index is 5.16. The minimum Gasteiger partial charge on any atom is -0.309 e.